The Balaban J connectivity index is 1.94. The molecule has 0 saturated carbocycles. The van der Waals surface area contributed by atoms with Crippen LogP contribution in [0, 0.1) is 0 Å². The van der Waals surface area contributed by atoms with Crippen molar-refractivity contribution in [3.63, 3.8) is 0 Å². The average molecular weight is 237 g/mol. The number of hydrogen-bond donors (Lipinski definition) is 1. The molecule has 82 valence electrons. The summed E-state index contributed by atoms with van der Waals surface area (Å²) in [4.78, 5) is 15.6. The summed E-state index contributed by atoms with van der Waals surface area (Å²) >= 11 is 5.56. The first-order valence-corrected chi connectivity index (χ1v) is 5.07. The molecule has 0 aliphatic rings. The third kappa shape index (κ3) is 2.61. The number of pyridine rings is 1. The van der Waals surface area contributed by atoms with Crippen molar-refractivity contribution in [3.05, 3.63) is 53.2 Å². The van der Waals surface area contributed by atoms with E-state index in [0.717, 1.165) is 5.69 Å². The predicted octanol–water partition coefficient (Wildman–Crippen LogP) is 2.26. The van der Waals surface area contributed by atoms with Crippen LogP contribution in [0.25, 0.3) is 0 Å². The maximum absolute atomic E-state index is 11.5. The van der Waals surface area contributed by atoms with Gasteiger partial charge in [0.15, 0.2) is 11.0 Å². The summed E-state index contributed by atoms with van der Waals surface area (Å²) in [6.07, 6.45) is 1.67. The van der Waals surface area contributed by atoms with Crippen LogP contribution in [0.3, 0.4) is 0 Å². The van der Waals surface area contributed by atoms with Crippen molar-refractivity contribution in [2.24, 2.45) is 0 Å². The number of hydrogen-bond acceptors (Lipinski definition) is 3. The maximum atomic E-state index is 11.5. The lowest BCUT2D eigenvalue weighted by Crippen LogP contribution is -2.22. The molecule has 2 heterocycles. The van der Waals surface area contributed by atoms with E-state index in [1.54, 1.807) is 6.20 Å². The minimum atomic E-state index is -0.308. The van der Waals surface area contributed by atoms with Crippen LogP contribution in [0.1, 0.15) is 16.2 Å². The standard InChI is InChI=1S/C11H9ClN2O2/c12-10-5-4-9(16-10)11(15)14-7-8-3-1-2-6-13-8/h1-6H,7H2,(H,14,15). The lowest BCUT2D eigenvalue weighted by Gasteiger charge is -2.01. The Morgan fingerprint density at radius 1 is 1.38 bits per heavy atom. The van der Waals surface area contributed by atoms with Gasteiger partial charge in [-0.15, -0.1) is 0 Å². The van der Waals surface area contributed by atoms with E-state index >= 15 is 0 Å². The van der Waals surface area contributed by atoms with E-state index in [1.165, 1.54) is 12.1 Å². The molecule has 0 spiro atoms. The van der Waals surface area contributed by atoms with Gasteiger partial charge in [0.1, 0.15) is 0 Å². The SMILES string of the molecule is O=C(NCc1ccccn1)c1ccc(Cl)o1. The molecule has 4 nitrogen and oxygen atoms in total. The number of carbonyl (C=O) groups is 1. The molecule has 0 unspecified atom stereocenters. The number of rotatable bonds is 3. The van der Waals surface area contributed by atoms with E-state index < -0.39 is 0 Å². The molecule has 1 amide bonds. The molecule has 0 aliphatic carbocycles. The highest BCUT2D eigenvalue weighted by molar-refractivity contribution is 6.29. The molecule has 2 aromatic heterocycles. The second-order valence-electron chi connectivity index (χ2n) is 3.11. The molecule has 0 aromatic carbocycles. The fraction of sp³-hybridized carbons (Fsp3) is 0.0909. The number of furan rings is 1. The molecular formula is C11H9ClN2O2. The molecule has 2 rings (SSSR count). The summed E-state index contributed by atoms with van der Waals surface area (Å²) in [6.45, 7) is 0.359. The predicted molar refractivity (Wildman–Crippen MR) is 59.1 cm³/mol. The Morgan fingerprint density at radius 3 is 2.88 bits per heavy atom. The van der Waals surface area contributed by atoms with Gasteiger partial charge in [-0.2, -0.15) is 0 Å². The van der Waals surface area contributed by atoms with Crippen LogP contribution in [-0.2, 0) is 6.54 Å². The fourth-order valence-corrected chi connectivity index (χ4v) is 1.34. The van der Waals surface area contributed by atoms with E-state index in [9.17, 15) is 4.79 Å². The Kier molecular flexibility index (Phi) is 3.22. The highest BCUT2D eigenvalue weighted by Crippen LogP contribution is 2.12. The Labute approximate surface area is 97.2 Å². The van der Waals surface area contributed by atoms with Crippen molar-refractivity contribution >= 4 is 17.5 Å². The van der Waals surface area contributed by atoms with Gasteiger partial charge in [-0.05, 0) is 35.9 Å². The van der Waals surface area contributed by atoms with E-state index in [-0.39, 0.29) is 16.9 Å². The first-order valence-electron chi connectivity index (χ1n) is 4.69. The smallest absolute Gasteiger partial charge is 0.287 e. The summed E-state index contributed by atoms with van der Waals surface area (Å²) in [5.74, 6) is -0.113. The molecule has 16 heavy (non-hydrogen) atoms. The van der Waals surface area contributed by atoms with Gasteiger partial charge in [0.25, 0.3) is 5.91 Å². The Bertz CT molecular complexity index is 482. The van der Waals surface area contributed by atoms with E-state index in [0.29, 0.717) is 6.54 Å². The first kappa shape index (κ1) is 10.7. The molecule has 0 bridgehead atoms. The highest BCUT2D eigenvalue weighted by atomic mass is 35.5. The largest absolute Gasteiger partial charge is 0.440 e. The van der Waals surface area contributed by atoms with Crippen molar-refractivity contribution in [1.29, 1.82) is 0 Å². The van der Waals surface area contributed by atoms with E-state index in [2.05, 4.69) is 10.3 Å². The summed E-state index contributed by atoms with van der Waals surface area (Å²) < 4.78 is 4.97. The summed E-state index contributed by atoms with van der Waals surface area (Å²) in [5.41, 5.74) is 0.786. The zero-order valence-corrected chi connectivity index (χ0v) is 9.07. The molecule has 0 saturated heterocycles. The molecule has 0 radical (unpaired) electrons. The van der Waals surface area contributed by atoms with Crippen LogP contribution in [0.2, 0.25) is 5.22 Å². The average Bonchev–Trinajstić information content (AvgIpc) is 2.74. The first-order chi connectivity index (χ1) is 7.75. The van der Waals surface area contributed by atoms with Crippen LogP contribution in [0.5, 0.6) is 0 Å². The number of aromatic nitrogens is 1. The zero-order chi connectivity index (χ0) is 11.4. The summed E-state index contributed by atoms with van der Waals surface area (Å²) in [5, 5.41) is 2.87. The summed E-state index contributed by atoms with van der Waals surface area (Å²) in [7, 11) is 0. The van der Waals surface area contributed by atoms with Gasteiger partial charge in [-0.25, -0.2) is 0 Å². The third-order valence-electron chi connectivity index (χ3n) is 1.95. The van der Waals surface area contributed by atoms with Gasteiger partial charge < -0.3 is 9.73 Å². The Hall–Kier alpha value is -1.81. The van der Waals surface area contributed by atoms with Crippen molar-refractivity contribution < 1.29 is 9.21 Å². The van der Waals surface area contributed by atoms with Gasteiger partial charge in [0.2, 0.25) is 0 Å². The topological polar surface area (TPSA) is 55.1 Å². The Morgan fingerprint density at radius 2 is 2.25 bits per heavy atom. The fourth-order valence-electron chi connectivity index (χ4n) is 1.20. The van der Waals surface area contributed by atoms with Crippen LogP contribution < -0.4 is 5.32 Å². The van der Waals surface area contributed by atoms with Gasteiger partial charge >= 0.3 is 0 Å². The lowest BCUT2D eigenvalue weighted by molar-refractivity contribution is 0.0923. The molecule has 2 aromatic rings. The van der Waals surface area contributed by atoms with Crippen LogP contribution in [0.4, 0.5) is 0 Å². The molecule has 0 fully saturated rings. The molecular weight excluding hydrogens is 228 g/mol. The number of nitrogens with one attached hydrogen (secondary N) is 1. The second kappa shape index (κ2) is 4.81. The third-order valence-corrected chi connectivity index (χ3v) is 2.16. The number of halogens is 1. The normalized spacial score (nSPS) is 10.1. The minimum Gasteiger partial charge on any atom is -0.440 e. The zero-order valence-electron chi connectivity index (χ0n) is 8.31. The lowest BCUT2D eigenvalue weighted by atomic mass is 10.3. The maximum Gasteiger partial charge on any atom is 0.287 e. The van der Waals surface area contributed by atoms with E-state index in [4.69, 9.17) is 16.0 Å². The van der Waals surface area contributed by atoms with Crippen molar-refractivity contribution in [2.45, 2.75) is 6.54 Å². The van der Waals surface area contributed by atoms with Crippen molar-refractivity contribution in [1.82, 2.24) is 10.3 Å². The van der Waals surface area contributed by atoms with Gasteiger partial charge in [0.05, 0.1) is 12.2 Å². The van der Waals surface area contributed by atoms with Crippen LogP contribution >= 0.6 is 11.6 Å². The monoisotopic (exact) mass is 236 g/mol. The molecule has 0 atom stereocenters. The molecule has 5 heteroatoms. The van der Waals surface area contributed by atoms with Crippen molar-refractivity contribution in [3.8, 4) is 0 Å². The molecule has 0 aliphatic heterocycles. The van der Waals surface area contributed by atoms with E-state index in [1.807, 2.05) is 18.2 Å². The quantitative estimate of drug-likeness (QED) is 0.889. The number of carbonyl (C=O) groups excluding carboxylic acids is 1. The van der Waals surface area contributed by atoms with Crippen LogP contribution in [-0.4, -0.2) is 10.9 Å². The molecule has 1 N–H and O–H groups in total. The minimum absolute atomic E-state index is 0.195. The van der Waals surface area contributed by atoms with Gasteiger partial charge in [0, 0.05) is 6.20 Å². The number of amides is 1. The number of nitrogens with zero attached hydrogens (tertiary/aromatic N) is 1. The van der Waals surface area contributed by atoms with Crippen molar-refractivity contribution in [2.75, 3.05) is 0 Å². The van der Waals surface area contributed by atoms with Gasteiger partial charge in [-0.3, -0.25) is 9.78 Å². The van der Waals surface area contributed by atoms with Crippen LogP contribution in [0.15, 0.2) is 40.9 Å². The summed E-state index contributed by atoms with van der Waals surface area (Å²) in [6, 6.07) is 8.55. The second-order valence-corrected chi connectivity index (χ2v) is 3.48. The van der Waals surface area contributed by atoms with Gasteiger partial charge in [-0.1, -0.05) is 6.07 Å². The highest BCUT2D eigenvalue weighted by Gasteiger charge is 2.09.